The van der Waals surface area contributed by atoms with Crippen molar-refractivity contribution in [2.24, 2.45) is 0 Å². The summed E-state index contributed by atoms with van der Waals surface area (Å²) in [7, 11) is 4.81. The maximum absolute atomic E-state index is 12.9. The first-order chi connectivity index (χ1) is 17.0. The zero-order valence-corrected chi connectivity index (χ0v) is 19.5. The number of hydrogen-bond donors (Lipinski definition) is 4. The van der Waals surface area contributed by atoms with Gasteiger partial charge in [-0.15, -0.1) is 0 Å². The molecule has 0 spiro atoms. The molecule has 4 aromatic rings. The Hall–Kier alpha value is -4.50. The number of methoxy groups -OCH3 is 1. The second kappa shape index (κ2) is 10.2. The van der Waals surface area contributed by atoms with Gasteiger partial charge in [0.25, 0.3) is 11.8 Å². The molecule has 178 valence electrons. The number of benzene rings is 3. The number of aliphatic hydroxyl groups is 1. The second-order valence-corrected chi connectivity index (χ2v) is 7.68. The van der Waals surface area contributed by atoms with Crippen molar-refractivity contribution in [1.82, 2.24) is 15.3 Å². The number of amides is 2. The quantitative estimate of drug-likeness (QED) is 0.325. The van der Waals surface area contributed by atoms with Gasteiger partial charge < -0.3 is 25.8 Å². The van der Waals surface area contributed by atoms with Crippen LogP contribution < -0.4 is 20.7 Å². The van der Waals surface area contributed by atoms with Gasteiger partial charge in [0.2, 0.25) is 5.95 Å². The van der Waals surface area contributed by atoms with E-state index in [0.29, 0.717) is 45.3 Å². The standard InChI is InChI=1S/C26H25N5O4/c1-27-24(33)16-7-4-8-17(10-16)25(34)29-19-9-5-6-15(11-19)23-20-12-18(14-32)22(35-3)13-21(20)30-26(28-2)31-23/h4-13,32H,14H2,1-3H3,(H,27,33)(H,29,34)(H,28,30,31). The molecular formula is C26H25N5O4. The summed E-state index contributed by atoms with van der Waals surface area (Å²) < 4.78 is 5.39. The van der Waals surface area contributed by atoms with Gasteiger partial charge in [0, 0.05) is 53.5 Å². The number of aliphatic hydroxyl groups excluding tert-OH is 1. The molecule has 1 heterocycles. The van der Waals surface area contributed by atoms with E-state index in [1.54, 1.807) is 49.5 Å². The van der Waals surface area contributed by atoms with Gasteiger partial charge in [-0.25, -0.2) is 9.97 Å². The molecule has 0 unspecified atom stereocenters. The highest BCUT2D eigenvalue weighted by Crippen LogP contribution is 2.33. The van der Waals surface area contributed by atoms with Gasteiger partial charge in [-0.3, -0.25) is 9.59 Å². The van der Waals surface area contributed by atoms with Crippen LogP contribution in [0.15, 0.2) is 60.7 Å². The summed E-state index contributed by atoms with van der Waals surface area (Å²) >= 11 is 0. The Labute approximate surface area is 202 Å². The second-order valence-electron chi connectivity index (χ2n) is 7.68. The molecule has 0 radical (unpaired) electrons. The van der Waals surface area contributed by atoms with E-state index < -0.39 is 0 Å². The van der Waals surface area contributed by atoms with Crippen molar-refractivity contribution < 1.29 is 19.4 Å². The third-order valence-electron chi connectivity index (χ3n) is 5.50. The van der Waals surface area contributed by atoms with Crippen molar-refractivity contribution >= 4 is 34.4 Å². The summed E-state index contributed by atoms with van der Waals surface area (Å²) in [5, 5.41) is 18.9. The molecule has 4 N–H and O–H groups in total. The van der Waals surface area contributed by atoms with Gasteiger partial charge in [0.15, 0.2) is 0 Å². The zero-order chi connectivity index (χ0) is 24.9. The molecule has 0 saturated carbocycles. The topological polar surface area (TPSA) is 125 Å². The smallest absolute Gasteiger partial charge is 0.255 e. The lowest BCUT2D eigenvalue weighted by Crippen LogP contribution is -2.19. The fraction of sp³-hybridized carbons (Fsp3) is 0.154. The van der Waals surface area contributed by atoms with Crippen LogP contribution >= 0.6 is 0 Å². The van der Waals surface area contributed by atoms with Crippen LogP contribution in [0.2, 0.25) is 0 Å². The third kappa shape index (κ3) is 4.90. The van der Waals surface area contributed by atoms with Gasteiger partial charge in [0.1, 0.15) is 5.75 Å². The predicted octanol–water partition coefficient (Wildman–Crippen LogP) is 3.45. The van der Waals surface area contributed by atoms with Gasteiger partial charge in [-0.05, 0) is 36.4 Å². The highest BCUT2D eigenvalue weighted by atomic mass is 16.5. The number of anilines is 2. The molecule has 0 atom stereocenters. The Morgan fingerprint density at radius 2 is 1.69 bits per heavy atom. The number of nitrogens with zero attached hydrogens (tertiary/aromatic N) is 2. The van der Waals surface area contributed by atoms with Gasteiger partial charge in [-0.1, -0.05) is 18.2 Å². The molecule has 0 aliphatic rings. The van der Waals surface area contributed by atoms with Crippen LogP contribution in [0.25, 0.3) is 22.2 Å². The Morgan fingerprint density at radius 3 is 2.37 bits per heavy atom. The fourth-order valence-electron chi connectivity index (χ4n) is 3.74. The van der Waals surface area contributed by atoms with Crippen molar-refractivity contribution in [2.45, 2.75) is 6.61 Å². The minimum Gasteiger partial charge on any atom is -0.496 e. The van der Waals surface area contributed by atoms with Gasteiger partial charge in [0.05, 0.1) is 24.9 Å². The maximum Gasteiger partial charge on any atom is 0.255 e. The molecule has 0 saturated heterocycles. The highest BCUT2D eigenvalue weighted by Gasteiger charge is 2.15. The number of hydrogen-bond acceptors (Lipinski definition) is 7. The van der Waals surface area contributed by atoms with E-state index >= 15 is 0 Å². The van der Waals surface area contributed by atoms with E-state index in [0.717, 1.165) is 10.9 Å². The lowest BCUT2D eigenvalue weighted by molar-refractivity contribution is 0.0963. The van der Waals surface area contributed by atoms with Crippen LogP contribution in [-0.2, 0) is 6.61 Å². The predicted molar refractivity (Wildman–Crippen MR) is 135 cm³/mol. The van der Waals surface area contributed by atoms with E-state index in [9.17, 15) is 14.7 Å². The number of ether oxygens (including phenoxy) is 1. The molecular weight excluding hydrogens is 446 g/mol. The molecule has 0 aliphatic heterocycles. The average Bonchev–Trinajstić information content (AvgIpc) is 2.91. The van der Waals surface area contributed by atoms with E-state index in [2.05, 4.69) is 25.9 Å². The Bertz CT molecular complexity index is 1420. The molecule has 3 aromatic carbocycles. The van der Waals surface area contributed by atoms with Crippen molar-refractivity contribution in [2.75, 3.05) is 31.8 Å². The summed E-state index contributed by atoms with van der Waals surface area (Å²) in [5.74, 6) is 0.346. The van der Waals surface area contributed by atoms with E-state index in [1.165, 1.54) is 14.2 Å². The minimum atomic E-state index is -0.344. The SMILES string of the molecule is CNC(=O)c1cccc(C(=O)Nc2cccc(-c3nc(NC)nc4cc(OC)c(CO)cc34)c2)c1. The summed E-state index contributed by atoms with van der Waals surface area (Å²) in [6.45, 7) is -0.197. The summed E-state index contributed by atoms with van der Waals surface area (Å²) in [6, 6.07) is 17.3. The van der Waals surface area contributed by atoms with Crippen LogP contribution in [0.5, 0.6) is 5.75 Å². The van der Waals surface area contributed by atoms with Crippen LogP contribution in [0.4, 0.5) is 11.6 Å². The van der Waals surface area contributed by atoms with Crippen molar-refractivity contribution in [3.8, 4) is 17.0 Å². The van der Waals surface area contributed by atoms with E-state index in [1.807, 2.05) is 18.2 Å². The molecule has 35 heavy (non-hydrogen) atoms. The molecule has 9 heteroatoms. The maximum atomic E-state index is 12.9. The van der Waals surface area contributed by atoms with Crippen molar-refractivity contribution in [3.63, 3.8) is 0 Å². The third-order valence-corrected chi connectivity index (χ3v) is 5.50. The first-order valence-corrected chi connectivity index (χ1v) is 10.9. The summed E-state index contributed by atoms with van der Waals surface area (Å²) in [5.41, 5.74) is 3.97. The van der Waals surface area contributed by atoms with Gasteiger partial charge >= 0.3 is 0 Å². The van der Waals surface area contributed by atoms with E-state index in [-0.39, 0.29) is 18.4 Å². The van der Waals surface area contributed by atoms with Crippen LogP contribution in [0.1, 0.15) is 26.3 Å². The number of rotatable bonds is 7. The van der Waals surface area contributed by atoms with Gasteiger partial charge in [-0.2, -0.15) is 0 Å². The molecule has 0 aliphatic carbocycles. The van der Waals surface area contributed by atoms with Crippen LogP contribution in [0.3, 0.4) is 0 Å². The lowest BCUT2D eigenvalue weighted by atomic mass is 10.0. The van der Waals surface area contributed by atoms with Crippen molar-refractivity contribution in [1.29, 1.82) is 0 Å². The summed E-state index contributed by atoms with van der Waals surface area (Å²) in [6.07, 6.45) is 0. The Balaban J connectivity index is 1.73. The van der Waals surface area contributed by atoms with Crippen LogP contribution in [-0.4, -0.2) is 48.1 Å². The number of nitrogens with one attached hydrogen (secondary N) is 3. The average molecular weight is 472 g/mol. The molecule has 1 aromatic heterocycles. The van der Waals surface area contributed by atoms with Crippen molar-refractivity contribution in [3.05, 3.63) is 77.4 Å². The summed E-state index contributed by atoms with van der Waals surface area (Å²) in [4.78, 5) is 33.9. The minimum absolute atomic E-state index is 0.197. The molecule has 4 rings (SSSR count). The molecule has 0 fully saturated rings. The molecule has 0 bridgehead atoms. The molecule has 2 amide bonds. The normalized spacial score (nSPS) is 10.6. The largest absolute Gasteiger partial charge is 0.496 e. The van der Waals surface area contributed by atoms with Crippen LogP contribution in [0, 0.1) is 0 Å². The first-order valence-electron chi connectivity index (χ1n) is 10.9. The molecule has 9 nitrogen and oxygen atoms in total. The lowest BCUT2D eigenvalue weighted by Gasteiger charge is -2.13. The number of carbonyl (C=O) groups excluding carboxylic acids is 2. The Kier molecular flexibility index (Phi) is 6.88. The number of aromatic nitrogens is 2. The monoisotopic (exact) mass is 471 g/mol. The first kappa shape index (κ1) is 23.7. The number of fused-ring (bicyclic) bond motifs is 1. The zero-order valence-electron chi connectivity index (χ0n) is 19.5. The van der Waals surface area contributed by atoms with E-state index in [4.69, 9.17) is 4.74 Å². The Morgan fingerprint density at radius 1 is 0.943 bits per heavy atom. The highest BCUT2D eigenvalue weighted by molar-refractivity contribution is 6.06. The fourth-order valence-corrected chi connectivity index (χ4v) is 3.74. The number of carbonyl (C=O) groups is 2.